The molecule has 1 aromatic carbocycles. The van der Waals surface area contributed by atoms with E-state index in [1.807, 2.05) is 38.2 Å². The van der Waals surface area contributed by atoms with Crippen molar-refractivity contribution in [1.82, 2.24) is 14.5 Å². The van der Waals surface area contributed by atoms with E-state index < -0.39 is 10.0 Å². The van der Waals surface area contributed by atoms with Crippen LogP contribution in [0.3, 0.4) is 0 Å². The molecule has 0 saturated carbocycles. The molecule has 6 heteroatoms. The highest BCUT2D eigenvalue weighted by Crippen LogP contribution is 2.16. The molecule has 1 aromatic heterocycles. The van der Waals surface area contributed by atoms with Crippen LogP contribution in [0.5, 0.6) is 0 Å². The van der Waals surface area contributed by atoms with Crippen molar-refractivity contribution < 1.29 is 8.42 Å². The topological polar surface area (TPSA) is 64.0 Å². The van der Waals surface area contributed by atoms with Crippen molar-refractivity contribution in [3.8, 4) is 0 Å². The van der Waals surface area contributed by atoms with Gasteiger partial charge >= 0.3 is 0 Å². The van der Waals surface area contributed by atoms with Crippen molar-refractivity contribution in [2.45, 2.75) is 38.8 Å². The molecule has 1 heterocycles. The molecule has 0 aliphatic rings. The van der Waals surface area contributed by atoms with Crippen LogP contribution < -0.4 is 4.72 Å². The van der Waals surface area contributed by atoms with E-state index in [-0.39, 0.29) is 6.54 Å². The second kappa shape index (κ2) is 5.76. The summed E-state index contributed by atoms with van der Waals surface area (Å²) in [6.07, 6.45) is 1.83. The quantitative estimate of drug-likeness (QED) is 0.917. The Morgan fingerprint density at radius 1 is 1.25 bits per heavy atom. The molecule has 108 valence electrons. The van der Waals surface area contributed by atoms with Gasteiger partial charge < -0.3 is 0 Å². The van der Waals surface area contributed by atoms with Gasteiger partial charge in [-0.2, -0.15) is 5.10 Å². The minimum atomic E-state index is -3.51. The van der Waals surface area contributed by atoms with Crippen molar-refractivity contribution in [2.24, 2.45) is 0 Å². The van der Waals surface area contributed by atoms with Gasteiger partial charge in [0.15, 0.2) is 0 Å². The maximum Gasteiger partial charge on any atom is 0.241 e. The van der Waals surface area contributed by atoms with Crippen LogP contribution in [0.4, 0.5) is 0 Å². The van der Waals surface area contributed by atoms with Gasteiger partial charge in [-0.25, -0.2) is 13.1 Å². The first kappa shape index (κ1) is 14.7. The standard InChI is InChI=1S/C14H19N3O2S/c1-4-17-8-7-13(16-17)10-15-20(18,19)14-9-11(2)5-6-12(14)3/h5-9,15H,4,10H2,1-3H3. The molecule has 0 radical (unpaired) electrons. The third kappa shape index (κ3) is 3.26. The molecule has 20 heavy (non-hydrogen) atoms. The van der Waals surface area contributed by atoms with Crippen LogP contribution in [0, 0.1) is 13.8 Å². The lowest BCUT2D eigenvalue weighted by atomic mass is 10.2. The lowest BCUT2D eigenvalue weighted by Gasteiger charge is -2.09. The average molecular weight is 293 g/mol. The maximum atomic E-state index is 12.3. The van der Waals surface area contributed by atoms with Crippen molar-refractivity contribution >= 4 is 10.0 Å². The van der Waals surface area contributed by atoms with E-state index in [1.165, 1.54) is 0 Å². The Hall–Kier alpha value is -1.66. The van der Waals surface area contributed by atoms with Crippen molar-refractivity contribution in [1.29, 1.82) is 0 Å². The molecule has 0 amide bonds. The van der Waals surface area contributed by atoms with Gasteiger partial charge in [0.2, 0.25) is 10.0 Å². The molecule has 0 bridgehead atoms. The Labute approximate surface area is 119 Å². The fraction of sp³-hybridized carbons (Fsp3) is 0.357. The summed E-state index contributed by atoms with van der Waals surface area (Å²) in [5, 5.41) is 4.26. The number of rotatable bonds is 5. The zero-order valence-corrected chi connectivity index (χ0v) is 12.7. The van der Waals surface area contributed by atoms with Gasteiger partial charge in [-0.05, 0) is 44.0 Å². The van der Waals surface area contributed by atoms with Gasteiger partial charge in [0.05, 0.1) is 17.1 Å². The second-order valence-corrected chi connectivity index (χ2v) is 6.49. The normalized spacial score (nSPS) is 11.8. The van der Waals surface area contributed by atoms with Crippen molar-refractivity contribution in [3.05, 3.63) is 47.3 Å². The van der Waals surface area contributed by atoms with Crippen molar-refractivity contribution in [3.63, 3.8) is 0 Å². The lowest BCUT2D eigenvalue weighted by molar-refractivity contribution is 0.577. The minimum Gasteiger partial charge on any atom is -0.273 e. The Morgan fingerprint density at radius 2 is 2.00 bits per heavy atom. The summed E-state index contributed by atoms with van der Waals surface area (Å²) in [4.78, 5) is 0.326. The second-order valence-electron chi connectivity index (χ2n) is 4.76. The fourth-order valence-electron chi connectivity index (χ4n) is 1.92. The number of hydrogen-bond donors (Lipinski definition) is 1. The highest BCUT2D eigenvalue weighted by Gasteiger charge is 2.17. The van der Waals surface area contributed by atoms with Gasteiger partial charge in [0.25, 0.3) is 0 Å². The van der Waals surface area contributed by atoms with Crippen LogP contribution in [-0.4, -0.2) is 18.2 Å². The molecule has 0 aliphatic carbocycles. The van der Waals surface area contributed by atoms with E-state index in [9.17, 15) is 8.42 Å². The molecule has 5 nitrogen and oxygen atoms in total. The number of hydrogen-bond acceptors (Lipinski definition) is 3. The van der Waals surface area contributed by atoms with Crippen LogP contribution in [0.1, 0.15) is 23.7 Å². The molecule has 1 N–H and O–H groups in total. The van der Waals surface area contributed by atoms with Crippen LogP contribution in [0.15, 0.2) is 35.4 Å². The SMILES string of the molecule is CCn1ccc(CNS(=O)(=O)c2cc(C)ccc2C)n1. The minimum absolute atomic E-state index is 0.197. The maximum absolute atomic E-state index is 12.3. The first-order valence-corrected chi connectivity index (χ1v) is 8.00. The van der Waals surface area contributed by atoms with Gasteiger partial charge in [-0.1, -0.05) is 12.1 Å². The van der Waals surface area contributed by atoms with E-state index in [4.69, 9.17) is 0 Å². The molecule has 2 aromatic rings. The van der Waals surface area contributed by atoms with Crippen LogP contribution in [0.25, 0.3) is 0 Å². The molecule has 0 saturated heterocycles. The molecule has 2 rings (SSSR count). The number of aryl methyl sites for hydroxylation is 3. The van der Waals surface area contributed by atoms with E-state index in [1.54, 1.807) is 17.7 Å². The molecular formula is C14H19N3O2S. The number of aromatic nitrogens is 2. The number of sulfonamides is 1. The highest BCUT2D eigenvalue weighted by molar-refractivity contribution is 7.89. The zero-order valence-electron chi connectivity index (χ0n) is 11.9. The predicted molar refractivity (Wildman–Crippen MR) is 77.8 cm³/mol. The van der Waals surface area contributed by atoms with Gasteiger partial charge in [-0.15, -0.1) is 0 Å². The van der Waals surface area contributed by atoms with E-state index >= 15 is 0 Å². The van der Waals surface area contributed by atoms with Gasteiger partial charge in [0.1, 0.15) is 0 Å². The van der Waals surface area contributed by atoms with Crippen LogP contribution in [-0.2, 0) is 23.1 Å². The Balaban J connectivity index is 2.17. The van der Waals surface area contributed by atoms with Crippen LogP contribution in [0.2, 0.25) is 0 Å². The van der Waals surface area contributed by atoms with Gasteiger partial charge in [-0.3, -0.25) is 4.68 Å². The van der Waals surface area contributed by atoms with E-state index in [0.717, 1.165) is 17.7 Å². The molecule has 0 aliphatic heterocycles. The number of nitrogens with one attached hydrogen (secondary N) is 1. The smallest absolute Gasteiger partial charge is 0.241 e. The average Bonchev–Trinajstić information content (AvgIpc) is 2.87. The number of nitrogens with zero attached hydrogens (tertiary/aromatic N) is 2. The monoisotopic (exact) mass is 293 g/mol. The summed E-state index contributed by atoms with van der Waals surface area (Å²) in [6, 6.07) is 7.21. The zero-order chi connectivity index (χ0) is 14.8. The Kier molecular flexibility index (Phi) is 4.25. The Bertz CT molecular complexity index is 705. The third-order valence-corrected chi connectivity index (χ3v) is 4.64. The fourth-order valence-corrected chi connectivity index (χ4v) is 3.24. The first-order chi connectivity index (χ1) is 9.42. The first-order valence-electron chi connectivity index (χ1n) is 6.51. The lowest BCUT2D eigenvalue weighted by Crippen LogP contribution is -2.24. The molecule has 0 fully saturated rings. The number of benzene rings is 1. The highest BCUT2D eigenvalue weighted by atomic mass is 32.2. The summed E-state index contributed by atoms with van der Waals surface area (Å²) in [5.74, 6) is 0. The molecule has 0 atom stereocenters. The van der Waals surface area contributed by atoms with Crippen LogP contribution >= 0.6 is 0 Å². The third-order valence-electron chi connectivity index (χ3n) is 3.10. The summed E-state index contributed by atoms with van der Waals surface area (Å²) in [5.41, 5.74) is 2.37. The van der Waals surface area contributed by atoms with E-state index in [0.29, 0.717) is 10.6 Å². The summed E-state index contributed by atoms with van der Waals surface area (Å²) in [7, 11) is -3.51. The summed E-state index contributed by atoms with van der Waals surface area (Å²) < 4.78 is 29.0. The summed E-state index contributed by atoms with van der Waals surface area (Å²) in [6.45, 7) is 6.62. The summed E-state index contributed by atoms with van der Waals surface area (Å²) >= 11 is 0. The largest absolute Gasteiger partial charge is 0.273 e. The molecular weight excluding hydrogens is 274 g/mol. The van der Waals surface area contributed by atoms with Gasteiger partial charge in [0, 0.05) is 12.7 Å². The van der Waals surface area contributed by atoms with Crippen molar-refractivity contribution in [2.75, 3.05) is 0 Å². The molecule has 0 unspecified atom stereocenters. The van der Waals surface area contributed by atoms with E-state index in [2.05, 4.69) is 9.82 Å². The molecule has 0 spiro atoms. The predicted octanol–water partition coefficient (Wildman–Crippen LogP) is 2.00. The Morgan fingerprint density at radius 3 is 2.65 bits per heavy atom.